The number of hydrogen-bond acceptors (Lipinski definition) is 3. The number of hydrogen-bond donors (Lipinski definition) is 0. The number of carbonyl (C=O) groups is 1. The lowest BCUT2D eigenvalue weighted by molar-refractivity contribution is -0.136. The largest absolute Gasteiger partial charge is 0.482 e. The molecule has 132 valence electrons. The Bertz CT molecular complexity index is 920. The maximum Gasteiger partial charge on any atom is 0.349 e. The first kappa shape index (κ1) is 18.2. The highest BCUT2D eigenvalue weighted by Gasteiger charge is 2.11. The van der Waals surface area contributed by atoms with E-state index in [0.717, 1.165) is 26.7 Å². The Morgan fingerprint density at radius 3 is 2.31 bits per heavy atom. The van der Waals surface area contributed by atoms with E-state index in [-0.39, 0.29) is 6.61 Å². The summed E-state index contributed by atoms with van der Waals surface area (Å²) in [7, 11) is 0. The number of esters is 1. The van der Waals surface area contributed by atoms with Crippen LogP contribution < -0.4 is 9.47 Å². The molecule has 0 unspecified atom stereocenters. The summed E-state index contributed by atoms with van der Waals surface area (Å²) in [6.07, 6.45) is 0. The van der Waals surface area contributed by atoms with E-state index in [4.69, 9.17) is 9.47 Å². The molecule has 3 rings (SSSR count). The fraction of sp³-hybridized carbons (Fsp3) is 0.136. The molecular formula is C22H19BrO3. The van der Waals surface area contributed by atoms with Gasteiger partial charge in [0.2, 0.25) is 0 Å². The monoisotopic (exact) mass is 410 g/mol. The zero-order chi connectivity index (χ0) is 18.5. The number of rotatable bonds is 5. The maximum absolute atomic E-state index is 12.1. The molecule has 3 nitrogen and oxygen atoms in total. The Hall–Kier alpha value is -2.59. The van der Waals surface area contributed by atoms with E-state index in [9.17, 15) is 4.79 Å². The average molecular weight is 411 g/mol. The number of halogens is 1. The van der Waals surface area contributed by atoms with Gasteiger partial charge >= 0.3 is 5.97 Å². The van der Waals surface area contributed by atoms with Gasteiger partial charge in [0.25, 0.3) is 0 Å². The molecule has 0 saturated carbocycles. The van der Waals surface area contributed by atoms with Crippen LogP contribution in [0.15, 0.2) is 71.2 Å². The van der Waals surface area contributed by atoms with Crippen LogP contribution >= 0.6 is 15.9 Å². The van der Waals surface area contributed by atoms with E-state index in [1.807, 2.05) is 74.5 Å². The Balaban J connectivity index is 1.64. The van der Waals surface area contributed by atoms with Crippen LogP contribution in [0.25, 0.3) is 11.1 Å². The molecule has 0 radical (unpaired) electrons. The fourth-order valence-electron chi connectivity index (χ4n) is 2.64. The summed E-state index contributed by atoms with van der Waals surface area (Å²) < 4.78 is 11.7. The van der Waals surface area contributed by atoms with E-state index in [1.54, 1.807) is 6.07 Å². The second-order valence-corrected chi connectivity index (χ2v) is 6.90. The van der Waals surface area contributed by atoms with Crippen LogP contribution in [0.2, 0.25) is 0 Å². The minimum absolute atomic E-state index is 0.142. The van der Waals surface area contributed by atoms with E-state index in [2.05, 4.69) is 15.9 Å². The van der Waals surface area contributed by atoms with Gasteiger partial charge < -0.3 is 9.47 Å². The van der Waals surface area contributed by atoms with Crippen molar-refractivity contribution in [2.45, 2.75) is 13.8 Å². The van der Waals surface area contributed by atoms with Crippen molar-refractivity contribution in [3.05, 3.63) is 82.3 Å². The summed E-state index contributed by atoms with van der Waals surface area (Å²) in [6.45, 7) is 3.82. The third-order valence-electron chi connectivity index (χ3n) is 3.94. The Morgan fingerprint density at radius 1 is 0.885 bits per heavy atom. The minimum Gasteiger partial charge on any atom is -0.482 e. The van der Waals surface area contributed by atoms with Gasteiger partial charge in [-0.1, -0.05) is 54.1 Å². The maximum atomic E-state index is 12.1. The van der Waals surface area contributed by atoms with Crippen molar-refractivity contribution >= 4 is 21.9 Å². The summed E-state index contributed by atoms with van der Waals surface area (Å²) in [4.78, 5) is 12.1. The molecule has 0 aromatic heterocycles. The number of ether oxygens (including phenoxy) is 2. The fourth-order valence-corrected chi connectivity index (χ4v) is 3.10. The SMILES string of the molecule is Cc1ccc(OCC(=O)Oc2ccc(-c3ccccc3)cc2Br)c(C)c1. The molecule has 3 aromatic rings. The van der Waals surface area contributed by atoms with Crippen LogP contribution in [0.4, 0.5) is 0 Å². The molecule has 0 atom stereocenters. The second-order valence-electron chi connectivity index (χ2n) is 6.04. The van der Waals surface area contributed by atoms with Crippen molar-refractivity contribution in [1.29, 1.82) is 0 Å². The van der Waals surface area contributed by atoms with Gasteiger partial charge in [-0.05, 0) is 64.7 Å². The smallest absolute Gasteiger partial charge is 0.349 e. The zero-order valence-electron chi connectivity index (χ0n) is 14.7. The molecule has 0 aliphatic carbocycles. The van der Waals surface area contributed by atoms with Crippen LogP contribution in [0.3, 0.4) is 0 Å². The lowest BCUT2D eigenvalue weighted by Gasteiger charge is -2.11. The zero-order valence-corrected chi connectivity index (χ0v) is 16.2. The first-order chi connectivity index (χ1) is 12.5. The van der Waals surface area contributed by atoms with Crippen molar-refractivity contribution in [1.82, 2.24) is 0 Å². The molecule has 26 heavy (non-hydrogen) atoms. The first-order valence-electron chi connectivity index (χ1n) is 8.28. The quantitative estimate of drug-likeness (QED) is 0.398. The van der Waals surface area contributed by atoms with Crippen LogP contribution in [0.5, 0.6) is 11.5 Å². The van der Waals surface area contributed by atoms with Crippen molar-refractivity contribution in [2.75, 3.05) is 6.61 Å². The third-order valence-corrected chi connectivity index (χ3v) is 4.56. The van der Waals surface area contributed by atoms with Gasteiger partial charge in [-0.15, -0.1) is 0 Å². The summed E-state index contributed by atoms with van der Waals surface area (Å²) in [5.74, 6) is 0.711. The summed E-state index contributed by atoms with van der Waals surface area (Å²) in [6, 6.07) is 21.5. The van der Waals surface area contributed by atoms with E-state index < -0.39 is 5.97 Å². The topological polar surface area (TPSA) is 35.5 Å². The van der Waals surface area contributed by atoms with Crippen molar-refractivity contribution in [3.8, 4) is 22.6 Å². The lowest BCUT2D eigenvalue weighted by atomic mass is 10.1. The highest BCUT2D eigenvalue weighted by molar-refractivity contribution is 9.10. The molecule has 4 heteroatoms. The third kappa shape index (κ3) is 4.52. The summed E-state index contributed by atoms with van der Waals surface area (Å²) in [5, 5.41) is 0. The average Bonchev–Trinajstić information content (AvgIpc) is 2.63. The minimum atomic E-state index is -0.446. The molecule has 0 N–H and O–H groups in total. The van der Waals surface area contributed by atoms with E-state index >= 15 is 0 Å². The van der Waals surface area contributed by atoms with Gasteiger partial charge in [0, 0.05) is 0 Å². The Morgan fingerprint density at radius 2 is 1.62 bits per heavy atom. The number of aryl methyl sites for hydroxylation is 2. The molecule has 0 aliphatic rings. The van der Waals surface area contributed by atoms with Gasteiger partial charge in [0.05, 0.1) is 4.47 Å². The van der Waals surface area contributed by atoms with Gasteiger partial charge in [-0.3, -0.25) is 0 Å². The molecule has 0 heterocycles. The number of carbonyl (C=O) groups excluding carboxylic acids is 1. The summed E-state index contributed by atoms with van der Waals surface area (Å²) >= 11 is 3.47. The van der Waals surface area contributed by atoms with Crippen LogP contribution in [-0.4, -0.2) is 12.6 Å². The van der Waals surface area contributed by atoms with Crippen molar-refractivity contribution < 1.29 is 14.3 Å². The van der Waals surface area contributed by atoms with Gasteiger partial charge in [0.1, 0.15) is 11.5 Å². The normalized spacial score (nSPS) is 10.4. The molecule has 0 fully saturated rings. The molecular weight excluding hydrogens is 392 g/mol. The summed E-state index contributed by atoms with van der Waals surface area (Å²) in [5.41, 5.74) is 4.29. The van der Waals surface area contributed by atoms with Gasteiger partial charge in [0.15, 0.2) is 6.61 Å². The highest BCUT2D eigenvalue weighted by Crippen LogP contribution is 2.31. The van der Waals surface area contributed by atoms with Crippen LogP contribution in [-0.2, 0) is 4.79 Å². The highest BCUT2D eigenvalue weighted by atomic mass is 79.9. The molecule has 3 aromatic carbocycles. The van der Waals surface area contributed by atoms with E-state index in [0.29, 0.717) is 11.5 Å². The predicted molar refractivity (Wildman–Crippen MR) is 107 cm³/mol. The number of benzene rings is 3. The lowest BCUT2D eigenvalue weighted by Crippen LogP contribution is -2.18. The predicted octanol–water partition coefficient (Wildman–Crippen LogP) is 5.72. The van der Waals surface area contributed by atoms with Crippen molar-refractivity contribution in [2.24, 2.45) is 0 Å². The standard InChI is InChI=1S/C22H19BrO3/c1-15-8-10-20(16(2)12-15)25-14-22(24)26-21-11-9-18(13-19(21)23)17-6-4-3-5-7-17/h3-13H,14H2,1-2H3. The second kappa shape index (κ2) is 8.19. The van der Waals surface area contributed by atoms with Gasteiger partial charge in [-0.2, -0.15) is 0 Å². The molecule has 0 bridgehead atoms. The molecule has 0 saturated heterocycles. The van der Waals surface area contributed by atoms with Crippen LogP contribution in [0.1, 0.15) is 11.1 Å². The Kier molecular flexibility index (Phi) is 5.74. The Labute approximate surface area is 161 Å². The van der Waals surface area contributed by atoms with E-state index in [1.165, 1.54) is 0 Å². The molecule has 0 amide bonds. The van der Waals surface area contributed by atoms with Gasteiger partial charge in [-0.25, -0.2) is 4.79 Å². The molecule has 0 aliphatic heterocycles. The first-order valence-corrected chi connectivity index (χ1v) is 9.08. The van der Waals surface area contributed by atoms with Crippen molar-refractivity contribution in [3.63, 3.8) is 0 Å². The van der Waals surface area contributed by atoms with Crippen LogP contribution in [0, 0.1) is 13.8 Å². The molecule has 0 spiro atoms.